The first-order chi connectivity index (χ1) is 18.0. The maximum atomic E-state index is 11.9. The molecule has 0 aromatic heterocycles. The van der Waals surface area contributed by atoms with Gasteiger partial charge in [-0.15, -0.1) is 0 Å². The van der Waals surface area contributed by atoms with Crippen molar-refractivity contribution in [3.05, 3.63) is 58.2 Å². The molecule has 1 unspecified atom stereocenters. The van der Waals surface area contributed by atoms with Gasteiger partial charge in [0.15, 0.2) is 0 Å². The normalized spacial score (nSPS) is 17.4. The maximum Gasteiger partial charge on any atom is 0.311 e. The van der Waals surface area contributed by atoms with E-state index in [0.29, 0.717) is 11.3 Å². The summed E-state index contributed by atoms with van der Waals surface area (Å²) in [5, 5.41) is 26.9. The molecular formula is C31H44O7. The topological polar surface area (TPSA) is 113 Å². The summed E-state index contributed by atoms with van der Waals surface area (Å²) >= 11 is 0. The van der Waals surface area contributed by atoms with Gasteiger partial charge < -0.3 is 24.8 Å². The second-order valence-corrected chi connectivity index (χ2v) is 10.5. The van der Waals surface area contributed by atoms with Gasteiger partial charge in [-0.25, -0.2) is 0 Å². The number of esters is 1. The fraction of sp³-hybridized carbons (Fsp3) is 0.548. The first kappa shape index (κ1) is 31.3. The number of benzene rings is 1. The summed E-state index contributed by atoms with van der Waals surface area (Å²) < 4.78 is 11.8. The average Bonchev–Trinajstić information content (AvgIpc) is 2.86. The zero-order chi connectivity index (χ0) is 28.1. The minimum absolute atomic E-state index is 0.0882. The average molecular weight is 529 g/mol. The molecule has 1 aliphatic heterocycles. The minimum Gasteiger partial charge on any atom is -0.487 e. The molecule has 1 aromatic carbocycles. The zero-order valence-corrected chi connectivity index (χ0v) is 23.3. The van der Waals surface area contributed by atoms with Gasteiger partial charge in [0, 0.05) is 0 Å². The molecule has 0 radical (unpaired) electrons. The highest BCUT2D eigenvalue weighted by Gasteiger charge is 2.32. The molecule has 0 aliphatic carbocycles. The first-order valence-corrected chi connectivity index (χ1v) is 13.5. The third-order valence-corrected chi connectivity index (χ3v) is 6.95. The van der Waals surface area contributed by atoms with Crippen molar-refractivity contribution < 1.29 is 34.4 Å². The van der Waals surface area contributed by atoms with Crippen LogP contribution in [0.3, 0.4) is 0 Å². The van der Waals surface area contributed by atoms with E-state index in [1.165, 1.54) is 11.1 Å². The number of aliphatic hydroxyl groups excluding tert-OH is 2. The van der Waals surface area contributed by atoms with E-state index >= 15 is 0 Å². The Labute approximate surface area is 226 Å². The molecule has 1 atom stereocenters. The van der Waals surface area contributed by atoms with Gasteiger partial charge >= 0.3 is 11.9 Å². The SMILES string of the molecule is C/C(=C\CC/C(C)=C/CCC1(C)CCc2cc(OC(=O)CCC(=O)O)cc(C)c2O1)CCC=C(CO)CO. The molecular weight excluding hydrogens is 484 g/mol. The molecule has 0 amide bonds. The number of carboxylic acids is 1. The summed E-state index contributed by atoms with van der Waals surface area (Å²) in [6.45, 7) is 8.21. The van der Waals surface area contributed by atoms with Gasteiger partial charge in [-0.1, -0.05) is 29.4 Å². The molecule has 210 valence electrons. The smallest absolute Gasteiger partial charge is 0.311 e. The van der Waals surface area contributed by atoms with Crippen molar-refractivity contribution in [2.24, 2.45) is 0 Å². The first-order valence-electron chi connectivity index (χ1n) is 13.5. The van der Waals surface area contributed by atoms with Gasteiger partial charge in [-0.3, -0.25) is 9.59 Å². The predicted octanol–water partition coefficient (Wildman–Crippen LogP) is 5.99. The Morgan fingerprint density at radius 2 is 1.61 bits per heavy atom. The highest BCUT2D eigenvalue weighted by molar-refractivity contribution is 5.78. The van der Waals surface area contributed by atoms with E-state index in [0.717, 1.165) is 68.2 Å². The lowest BCUT2D eigenvalue weighted by molar-refractivity contribution is -0.142. The fourth-order valence-corrected chi connectivity index (χ4v) is 4.52. The second-order valence-electron chi connectivity index (χ2n) is 10.5. The van der Waals surface area contributed by atoms with Crippen LogP contribution in [0.4, 0.5) is 0 Å². The van der Waals surface area contributed by atoms with Crippen LogP contribution >= 0.6 is 0 Å². The summed E-state index contributed by atoms with van der Waals surface area (Å²) in [5.74, 6) is -0.285. The van der Waals surface area contributed by atoms with Crippen LogP contribution in [0.25, 0.3) is 0 Å². The highest BCUT2D eigenvalue weighted by Crippen LogP contribution is 2.40. The number of aryl methyl sites for hydroxylation is 2. The van der Waals surface area contributed by atoms with E-state index in [1.54, 1.807) is 6.07 Å². The summed E-state index contributed by atoms with van der Waals surface area (Å²) in [7, 11) is 0. The van der Waals surface area contributed by atoms with Gasteiger partial charge in [0.2, 0.25) is 0 Å². The number of carbonyl (C=O) groups is 2. The number of hydrogen-bond donors (Lipinski definition) is 3. The lowest BCUT2D eigenvalue weighted by Gasteiger charge is -2.37. The second kappa shape index (κ2) is 15.5. The van der Waals surface area contributed by atoms with Gasteiger partial charge in [0.25, 0.3) is 0 Å². The number of rotatable bonds is 15. The Hall–Kier alpha value is -2.90. The molecule has 0 saturated carbocycles. The molecule has 1 aliphatic rings. The summed E-state index contributed by atoms with van der Waals surface area (Å²) in [4.78, 5) is 22.6. The maximum absolute atomic E-state index is 11.9. The molecule has 0 bridgehead atoms. The molecule has 0 spiro atoms. The van der Waals surface area contributed by atoms with Gasteiger partial charge in [-0.05, 0) is 108 Å². The largest absolute Gasteiger partial charge is 0.487 e. The van der Waals surface area contributed by atoms with E-state index in [1.807, 2.05) is 19.1 Å². The predicted molar refractivity (Wildman–Crippen MR) is 149 cm³/mol. The number of allylic oxidation sites excluding steroid dienone is 5. The van der Waals surface area contributed by atoms with Crippen LogP contribution in [0.15, 0.2) is 47.1 Å². The van der Waals surface area contributed by atoms with Crippen molar-refractivity contribution in [1.82, 2.24) is 0 Å². The Bertz CT molecular complexity index is 1040. The standard InChI is InChI=1S/C31H44O7/c1-22(10-6-12-25(20-32)21-33)8-5-9-23(2)11-7-16-31(4)17-15-26-19-27(18-24(3)30(26)38-31)37-29(36)14-13-28(34)35/h8,11-12,18-19,32-33H,5-7,9-10,13-17,20-21H2,1-4H3,(H,34,35)/b22-8+,23-11+. The number of aliphatic carboxylic acids is 1. The Morgan fingerprint density at radius 1 is 0.974 bits per heavy atom. The molecule has 0 saturated heterocycles. The minimum atomic E-state index is -1.02. The van der Waals surface area contributed by atoms with Crippen LogP contribution in [0.1, 0.15) is 89.7 Å². The van der Waals surface area contributed by atoms with Crippen molar-refractivity contribution in [2.45, 2.75) is 97.5 Å². The molecule has 3 N–H and O–H groups in total. The number of aliphatic hydroxyl groups is 2. The van der Waals surface area contributed by atoms with E-state index in [9.17, 15) is 9.59 Å². The summed E-state index contributed by atoms with van der Waals surface area (Å²) in [5.41, 5.74) is 5.01. The van der Waals surface area contributed by atoms with Crippen molar-refractivity contribution in [3.63, 3.8) is 0 Å². The van der Waals surface area contributed by atoms with Gasteiger partial charge in [-0.2, -0.15) is 0 Å². The van der Waals surface area contributed by atoms with Crippen LogP contribution in [-0.4, -0.2) is 46.1 Å². The molecule has 7 nitrogen and oxygen atoms in total. The van der Waals surface area contributed by atoms with E-state index in [-0.39, 0.29) is 31.7 Å². The quantitative estimate of drug-likeness (QED) is 0.145. The third kappa shape index (κ3) is 10.8. The van der Waals surface area contributed by atoms with Crippen LogP contribution in [0.2, 0.25) is 0 Å². The van der Waals surface area contributed by atoms with Crippen LogP contribution in [0, 0.1) is 6.92 Å². The van der Waals surface area contributed by atoms with Gasteiger partial charge in [0.05, 0.1) is 26.1 Å². The summed E-state index contributed by atoms with van der Waals surface area (Å²) in [6.07, 6.45) is 13.4. The molecule has 2 rings (SSSR count). The fourth-order valence-electron chi connectivity index (χ4n) is 4.52. The number of carbonyl (C=O) groups excluding carboxylic acids is 1. The third-order valence-electron chi connectivity index (χ3n) is 6.95. The lowest BCUT2D eigenvalue weighted by Crippen LogP contribution is -2.36. The molecule has 7 heteroatoms. The Balaban J connectivity index is 1.83. The number of hydrogen-bond acceptors (Lipinski definition) is 6. The zero-order valence-electron chi connectivity index (χ0n) is 23.3. The van der Waals surface area contributed by atoms with Gasteiger partial charge in [0.1, 0.15) is 17.1 Å². The van der Waals surface area contributed by atoms with Crippen LogP contribution in [0.5, 0.6) is 11.5 Å². The van der Waals surface area contributed by atoms with Crippen molar-refractivity contribution >= 4 is 11.9 Å². The van der Waals surface area contributed by atoms with Crippen molar-refractivity contribution in [3.8, 4) is 11.5 Å². The lowest BCUT2D eigenvalue weighted by atomic mass is 9.87. The van der Waals surface area contributed by atoms with Crippen LogP contribution in [-0.2, 0) is 16.0 Å². The molecule has 1 heterocycles. The highest BCUT2D eigenvalue weighted by atomic mass is 16.5. The number of ether oxygens (including phenoxy) is 2. The Morgan fingerprint density at radius 3 is 2.24 bits per heavy atom. The van der Waals surface area contributed by atoms with E-state index in [2.05, 4.69) is 32.9 Å². The van der Waals surface area contributed by atoms with E-state index < -0.39 is 11.9 Å². The van der Waals surface area contributed by atoms with E-state index in [4.69, 9.17) is 24.8 Å². The number of fused-ring (bicyclic) bond motifs is 1. The molecule has 1 aromatic rings. The monoisotopic (exact) mass is 528 g/mol. The molecule has 0 fully saturated rings. The van der Waals surface area contributed by atoms with Crippen molar-refractivity contribution in [2.75, 3.05) is 13.2 Å². The number of carboxylic acid groups (broad SMARTS) is 1. The van der Waals surface area contributed by atoms with Crippen LogP contribution < -0.4 is 9.47 Å². The Kier molecular flexibility index (Phi) is 12.8. The summed E-state index contributed by atoms with van der Waals surface area (Å²) in [6, 6.07) is 3.60. The van der Waals surface area contributed by atoms with Crippen molar-refractivity contribution in [1.29, 1.82) is 0 Å². The molecule has 38 heavy (non-hydrogen) atoms.